The number of nitrogens with zero attached hydrogens (tertiary/aromatic N) is 3. The Morgan fingerprint density at radius 2 is 1.80 bits per heavy atom. The van der Waals surface area contributed by atoms with Gasteiger partial charge in [-0.1, -0.05) is 32.6 Å². The topological polar surface area (TPSA) is 82.4 Å². The third-order valence-corrected chi connectivity index (χ3v) is 6.39. The smallest absolute Gasteiger partial charge is 0.332 e. The molecular formula is C18H30N4O2S. The summed E-state index contributed by atoms with van der Waals surface area (Å²) in [5.41, 5.74) is 5.00. The molecule has 25 heavy (non-hydrogen) atoms. The summed E-state index contributed by atoms with van der Waals surface area (Å²) in [6, 6.07) is 0. The molecule has 2 N–H and O–H groups in total. The molecule has 140 valence electrons. The van der Waals surface area contributed by atoms with Crippen LogP contribution < -0.4 is 17.0 Å². The van der Waals surface area contributed by atoms with Gasteiger partial charge in [0, 0.05) is 19.8 Å². The molecule has 0 bridgehead atoms. The van der Waals surface area contributed by atoms with E-state index in [-0.39, 0.29) is 11.5 Å². The molecule has 1 aromatic heterocycles. The van der Waals surface area contributed by atoms with E-state index >= 15 is 0 Å². The Morgan fingerprint density at radius 1 is 1.16 bits per heavy atom. The van der Waals surface area contributed by atoms with E-state index in [1.54, 1.807) is 18.8 Å². The summed E-state index contributed by atoms with van der Waals surface area (Å²) >= 11 is 1.70. The fraction of sp³-hybridized carbons (Fsp3) is 0.722. The molecule has 1 fully saturated rings. The molecule has 2 atom stereocenters. The first-order chi connectivity index (χ1) is 11.8. The molecule has 0 saturated heterocycles. The maximum atomic E-state index is 12.0. The largest absolute Gasteiger partial charge is 0.391 e. The van der Waals surface area contributed by atoms with Crippen molar-refractivity contribution in [1.29, 1.82) is 0 Å². The van der Waals surface area contributed by atoms with E-state index in [4.69, 9.17) is 5.73 Å². The summed E-state index contributed by atoms with van der Waals surface area (Å²) in [6.45, 7) is 4.20. The van der Waals surface area contributed by atoms with Crippen LogP contribution in [0.15, 0.2) is 14.6 Å². The number of hydrogen-bond acceptors (Lipinski definition) is 5. The maximum Gasteiger partial charge on any atom is 0.332 e. The Hall–Kier alpha value is -1.50. The van der Waals surface area contributed by atoms with Crippen molar-refractivity contribution in [3.8, 4) is 0 Å². The Labute approximate surface area is 153 Å². The molecule has 1 aliphatic carbocycles. The molecule has 2 rings (SSSR count). The van der Waals surface area contributed by atoms with Crippen LogP contribution in [0.3, 0.4) is 0 Å². The number of anilines is 1. The quantitative estimate of drug-likeness (QED) is 0.504. The van der Waals surface area contributed by atoms with Crippen molar-refractivity contribution < 1.29 is 0 Å². The predicted molar refractivity (Wildman–Crippen MR) is 107 cm³/mol. The fourth-order valence-corrected chi connectivity index (χ4v) is 4.41. The molecule has 0 spiro atoms. The van der Waals surface area contributed by atoms with Crippen molar-refractivity contribution in [2.45, 2.75) is 52.4 Å². The minimum Gasteiger partial charge on any atom is -0.391 e. The molecule has 1 aliphatic rings. The average Bonchev–Trinajstić information content (AvgIpc) is 2.85. The zero-order valence-electron chi connectivity index (χ0n) is 15.7. The van der Waals surface area contributed by atoms with E-state index in [0.29, 0.717) is 0 Å². The van der Waals surface area contributed by atoms with E-state index in [1.807, 2.05) is 6.92 Å². The summed E-state index contributed by atoms with van der Waals surface area (Å²) in [5.74, 6) is 2.89. The van der Waals surface area contributed by atoms with Gasteiger partial charge in [0.25, 0.3) is 5.56 Å². The van der Waals surface area contributed by atoms with Crippen LogP contribution in [0.1, 0.15) is 52.4 Å². The molecule has 1 aromatic rings. The van der Waals surface area contributed by atoms with Crippen LogP contribution in [0.4, 0.5) is 11.5 Å². The highest BCUT2D eigenvalue weighted by molar-refractivity contribution is 8.13. The number of nitrogen functional groups attached to an aromatic ring is 1. The minimum absolute atomic E-state index is 0.0183. The van der Waals surface area contributed by atoms with Crippen molar-refractivity contribution in [2.75, 3.05) is 11.5 Å². The van der Waals surface area contributed by atoms with Crippen LogP contribution in [-0.4, -0.2) is 19.9 Å². The monoisotopic (exact) mass is 366 g/mol. The SMILES string of the molecule is CCC1CCCC(CS/C(C)=N/c2c(N)c(=O)n(C)c(=O)n2C)CC1. The van der Waals surface area contributed by atoms with Crippen LogP contribution in [0.5, 0.6) is 0 Å². The summed E-state index contributed by atoms with van der Waals surface area (Å²) in [7, 11) is 3.01. The summed E-state index contributed by atoms with van der Waals surface area (Å²) < 4.78 is 2.34. The Bertz CT molecular complexity index is 713. The van der Waals surface area contributed by atoms with Crippen molar-refractivity contribution in [1.82, 2.24) is 9.13 Å². The predicted octanol–water partition coefficient (Wildman–Crippen LogP) is 3.06. The molecule has 0 amide bonds. The first kappa shape index (κ1) is 19.8. The molecule has 6 nitrogen and oxygen atoms in total. The van der Waals surface area contributed by atoms with Crippen LogP contribution in [0.2, 0.25) is 0 Å². The van der Waals surface area contributed by atoms with Crippen molar-refractivity contribution in [2.24, 2.45) is 30.9 Å². The van der Waals surface area contributed by atoms with E-state index in [9.17, 15) is 9.59 Å². The first-order valence-electron chi connectivity index (χ1n) is 9.08. The number of aliphatic imine (C=N–C) groups is 1. The molecule has 1 saturated carbocycles. The Balaban J connectivity index is 2.08. The highest BCUT2D eigenvalue weighted by Crippen LogP contribution is 2.31. The molecule has 0 aromatic carbocycles. The van der Waals surface area contributed by atoms with Gasteiger partial charge < -0.3 is 5.73 Å². The maximum absolute atomic E-state index is 12.0. The van der Waals surface area contributed by atoms with Gasteiger partial charge in [0.2, 0.25) is 0 Å². The molecular weight excluding hydrogens is 336 g/mol. The number of thioether (sulfide) groups is 1. The lowest BCUT2D eigenvalue weighted by Crippen LogP contribution is -2.38. The Kier molecular flexibility index (Phi) is 6.93. The second kappa shape index (κ2) is 8.74. The van der Waals surface area contributed by atoms with Crippen LogP contribution in [0, 0.1) is 11.8 Å². The van der Waals surface area contributed by atoms with Gasteiger partial charge in [-0.05, 0) is 31.6 Å². The molecule has 2 unspecified atom stereocenters. The van der Waals surface area contributed by atoms with Crippen LogP contribution in [-0.2, 0) is 14.1 Å². The van der Waals surface area contributed by atoms with Crippen LogP contribution >= 0.6 is 11.8 Å². The van der Waals surface area contributed by atoms with Crippen molar-refractivity contribution >= 4 is 28.3 Å². The highest BCUT2D eigenvalue weighted by Gasteiger charge is 2.18. The number of rotatable bonds is 4. The second-order valence-electron chi connectivity index (χ2n) is 7.03. The fourth-order valence-electron chi connectivity index (χ4n) is 3.44. The normalized spacial score (nSPS) is 22.0. The number of nitrogens with two attached hydrogens (primary N) is 1. The lowest BCUT2D eigenvalue weighted by atomic mass is 9.97. The Morgan fingerprint density at radius 3 is 2.48 bits per heavy atom. The van der Waals surface area contributed by atoms with Gasteiger partial charge in [-0.3, -0.25) is 13.9 Å². The zero-order chi connectivity index (χ0) is 18.6. The summed E-state index contributed by atoms with van der Waals surface area (Å²) in [6.07, 6.45) is 7.85. The van der Waals surface area contributed by atoms with Gasteiger partial charge in [-0.15, -0.1) is 11.8 Å². The average molecular weight is 367 g/mol. The number of hydrogen-bond donors (Lipinski definition) is 1. The third-order valence-electron chi connectivity index (χ3n) is 5.24. The van der Waals surface area contributed by atoms with Crippen LogP contribution in [0.25, 0.3) is 0 Å². The molecule has 7 heteroatoms. The summed E-state index contributed by atoms with van der Waals surface area (Å²) in [4.78, 5) is 28.5. The van der Waals surface area contributed by atoms with E-state index in [1.165, 1.54) is 50.1 Å². The van der Waals surface area contributed by atoms with Crippen molar-refractivity contribution in [3.63, 3.8) is 0 Å². The minimum atomic E-state index is -0.492. The van der Waals surface area contributed by atoms with Gasteiger partial charge in [-0.25, -0.2) is 9.79 Å². The van der Waals surface area contributed by atoms with Gasteiger partial charge in [-0.2, -0.15) is 0 Å². The van der Waals surface area contributed by atoms with E-state index in [2.05, 4.69) is 11.9 Å². The van der Waals surface area contributed by atoms with Gasteiger partial charge in [0.1, 0.15) is 5.69 Å². The zero-order valence-corrected chi connectivity index (χ0v) is 16.6. The van der Waals surface area contributed by atoms with Crippen molar-refractivity contribution in [3.05, 3.63) is 20.8 Å². The van der Waals surface area contributed by atoms with Gasteiger partial charge >= 0.3 is 5.69 Å². The van der Waals surface area contributed by atoms with Gasteiger partial charge in [0.05, 0.1) is 5.04 Å². The lowest BCUT2D eigenvalue weighted by Gasteiger charge is -2.14. The molecule has 1 heterocycles. The standard InChI is InChI=1S/C18H30N4O2S/c1-5-13-7-6-8-14(10-9-13)11-25-12(2)20-16-15(19)17(23)22(4)18(24)21(16)3/h13-14H,5-11,19H2,1-4H3/b20-12+. The molecule has 0 aliphatic heterocycles. The second-order valence-corrected chi connectivity index (χ2v) is 8.25. The third kappa shape index (κ3) is 4.77. The number of aromatic nitrogens is 2. The molecule has 0 radical (unpaired) electrons. The first-order valence-corrected chi connectivity index (χ1v) is 10.1. The van der Waals surface area contributed by atoms with E-state index in [0.717, 1.165) is 27.2 Å². The highest BCUT2D eigenvalue weighted by atomic mass is 32.2. The van der Waals surface area contributed by atoms with Gasteiger partial charge in [0.15, 0.2) is 5.82 Å². The van der Waals surface area contributed by atoms with E-state index < -0.39 is 11.2 Å². The lowest BCUT2D eigenvalue weighted by molar-refractivity contribution is 0.436. The summed E-state index contributed by atoms with van der Waals surface area (Å²) in [5, 5.41) is 0.839.